The predicted octanol–water partition coefficient (Wildman–Crippen LogP) is 4.75. The van der Waals surface area contributed by atoms with Gasteiger partial charge in [0.15, 0.2) is 0 Å². The van der Waals surface area contributed by atoms with E-state index in [9.17, 15) is 14.4 Å². The first-order valence-electron chi connectivity index (χ1n) is 12.3. The molecule has 0 spiro atoms. The first-order valence-corrected chi connectivity index (χ1v) is 12.7. The summed E-state index contributed by atoms with van der Waals surface area (Å²) in [4.78, 5) is 39.9. The van der Waals surface area contributed by atoms with Crippen molar-refractivity contribution in [3.05, 3.63) is 70.7 Å². The van der Waals surface area contributed by atoms with E-state index in [0.717, 1.165) is 31.2 Å². The lowest BCUT2D eigenvalue weighted by Crippen LogP contribution is -2.46. The second-order valence-corrected chi connectivity index (χ2v) is 10.2. The summed E-state index contributed by atoms with van der Waals surface area (Å²) in [6.07, 6.45) is 5.86. The Morgan fingerprint density at radius 1 is 1.03 bits per heavy atom. The number of hydrogen-bond acceptors (Lipinski definition) is 3. The van der Waals surface area contributed by atoms with Gasteiger partial charge in [-0.05, 0) is 61.8 Å². The normalized spacial score (nSPS) is 22.4. The maximum absolute atomic E-state index is 13.1. The summed E-state index contributed by atoms with van der Waals surface area (Å²) < 4.78 is 0. The Morgan fingerprint density at radius 2 is 1.79 bits per heavy atom. The largest absolute Gasteiger partial charge is 0.350 e. The minimum atomic E-state index is -0.402. The molecule has 0 aliphatic carbocycles. The predicted molar refractivity (Wildman–Crippen MR) is 134 cm³/mol. The van der Waals surface area contributed by atoms with Gasteiger partial charge < -0.3 is 10.2 Å². The third-order valence-electron chi connectivity index (χ3n) is 7.24. The maximum Gasteiger partial charge on any atom is 0.222 e. The van der Waals surface area contributed by atoms with E-state index in [1.807, 2.05) is 59.5 Å². The van der Waals surface area contributed by atoms with Crippen molar-refractivity contribution in [2.24, 2.45) is 5.92 Å². The van der Waals surface area contributed by atoms with Crippen LogP contribution < -0.4 is 5.32 Å². The molecular weight excluding hydrogens is 448 g/mol. The van der Waals surface area contributed by atoms with Crippen molar-refractivity contribution >= 4 is 29.2 Å². The lowest BCUT2D eigenvalue weighted by molar-refractivity contribution is -0.135. The number of nitrogens with one attached hydrogen (secondary N) is 1. The van der Waals surface area contributed by atoms with E-state index in [2.05, 4.69) is 5.32 Å². The van der Waals surface area contributed by atoms with Crippen LogP contribution in [0.2, 0.25) is 5.02 Å². The van der Waals surface area contributed by atoms with Crippen LogP contribution in [0.5, 0.6) is 0 Å². The first-order chi connectivity index (χ1) is 16.4. The van der Waals surface area contributed by atoms with Gasteiger partial charge in [-0.2, -0.15) is 0 Å². The average molecular weight is 481 g/mol. The minimum Gasteiger partial charge on any atom is -0.350 e. The molecule has 0 radical (unpaired) electrons. The van der Waals surface area contributed by atoms with Gasteiger partial charge in [0.25, 0.3) is 0 Å². The Labute approximate surface area is 206 Å². The molecule has 5 nitrogen and oxygen atoms in total. The number of benzene rings is 2. The number of hydrogen-bond donors (Lipinski definition) is 1. The molecule has 34 heavy (non-hydrogen) atoms. The zero-order chi connectivity index (χ0) is 24.0. The van der Waals surface area contributed by atoms with Crippen molar-refractivity contribution < 1.29 is 14.4 Å². The highest BCUT2D eigenvalue weighted by Crippen LogP contribution is 2.31. The van der Waals surface area contributed by atoms with Gasteiger partial charge in [-0.3, -0.25) is 14.4 Å². The lowest BCUT2D eigenvalue weighted by atomic mass is 9.84. The van der Waals surface area contributed by atoms with Crippen LogP contribution in [0.3, 0.4) is 0 Å². The summed E-state index contributed by atoms with van der Waals surface area (Å²) >= 11 is 6.02. The summed E-state index contributed by atoms with van der Waals surface area (Å²) in [7, 11) is 0. The molecule has 0 saturated carbocycles. The Hall–Kier alpha value is -2.66. The Bertz CT molecular complexity index is 1010. The van der Waals surface area contributed by atoms with Crippen molar-refractivity contribution in [3.63, 3.8) is 0 Å². The number of amides is 2. The van der Waals surface area contributed by atoms with Crippen LogP contribution >= 0.6 is 11.6 Å². The first kappa shape index (κ1) is 24.5. The van der Waals surface area contributed by atoms with E-state index in [0.29, 0.717) is 50.2 Å². The van der Waals surface area contributed by atoms with E-state index in [1.54, 1.807) is 0 Å². The van der Waals surface area contributed by atoms with Gasteiger partial charge in [-0.15, -0.1) is 0 Å². The van der Waals surface area contributed by atoms with Gasteiger partial charge in [0, 0.05) is 48.8 Å². The second kappa shape index (κ2) is 11.2. The molecular formula is C28H33ClN2O3. The van der Waals surface area contributed by atoms with Crippen LogP contribution in [-0.2, 0) is 27.2 Å². The van der Waals surface area contributed by atoms with Crippen molar-refractivity contribution in [1.82, 2.24) is 10.2 Å². The van der Waals surface area contributed by atoms with Crippen LogP contribution in [-0.4, -0.2) is 41.1 Å². The summed E-state index contributed by atoms with van der Waals surface area (Å²) in [6.45, 7) is 1.22. The molecule has 6 heteroatoms. The smallest absolute Gasteiger partial charge is 0.222 e. The van der Waals surface area contributed by atoms with Crippen molar-refractivity contribution in [3.8, 4) is 0 Å². The molecule has 2 aliphatic rings. The third-order valence-corrected chi connectivity index (χ3v) is 7.49. The fourth-order valence-corrected chi connectivity index (χ4v) is 5.39. The Kier molecular flexibility index (Phi) is 8.04. The quantitative estimate of drug-likeness (QED) is 0.563. The Morgan fingerprint density at radius 3 is 2.50 bits per heavy atom. The number of carbonyl (C=O) groups excluding carboxylic acids is 3. The number of aryl methyl sites for hydroxylation is 1. The summed E-state index contributed by atoms with van der Waals surface area (Å²) in [6, 6.07) is 17.7. The fourth-order valence-electron chi connectivity index (χ4n) is 5.26. The fraction of sp³-hybridized carbons (Fsp3) is 0.464. The number of piperidine rings is 1. The molecule has 2 amide bonds. The zero-order valence-corrected chi connectivity index (χ0v) is 20.4. The monoisotopic (exact) mass is 480 g/mol. The molecule has 2 heterocycles. The number of ketones is 1. The molecule has 2 aromatic rings. The topological polar surface area (TPSA) is 66.5 Å². The van der Waals surface area contributed by atoms with Crippen LogP contribution in [0.1, 0.15) is 56.1 Å². The molecule has 2 aliphatic heterocycles. The van der Waals surface area contributed by atoms with Crippen LogP contribution in [0.15, 0.2) is 54.6 Å². The van der Waals surface area contributed by atoms with Gasteiger partial charge in [0.05, 0.1) is 0 Å². The molecule has 2 aromatic carbocycles. The van der Waals surface area contributed by atoms with E-state index >= 15 is 0 Å². The number of likely N-dealkylation sites (tertiary alicyclic amines) is 1. The van der Waals surface area contributed by atoms with Gasteiger partial charge >= 0.3 is 0 Å². The highest BCUT2D eigenvalue weighted by Gasteiger charge is 2.38. The zero-order valence-electron chi connectivity index (χ0n) is 19.6. The summed E-state index contributed by atoms with van der Waals surface area (Å²) in [5.41, 5.74) is 1.87. The van der Waals surface area contributed by atoms with E-state index < -0.39 is 5.54 Å². The van der Waals surface area contributed by atoms with Gasteiger partial charge in [-0.25, -0.2) is 0 Å². The lowest BCUT2D eigenvalue weighted by Gasteiger charge is -2.34. The third kappa shape index (κ3) is 6.47. The molecule has 1 N–H and O–H groups in total. The molecule has 4 rings (SSSR count). The second-order valence-electron chi connectivity index (χ2n) is 9.76. The van der Waals surface area contributed by atoms with Crippen molar-refractivity contribution in [2.45, 2.75) is 63.3 Å². The molecule has 2 saturated heterocycles. The van der Waals surface area contributed by atoms with Gasteiger partial charge in [0.1, 0.15) is 5.78 Å². The number of nitrogens with zero attached hydrogens (tertiary/aromatic N) is 1. The number of carbonyl (C=O) groups is 3. The average Bonchev–Trinajstić information content (AvgIpc) is 3.23. The van der Waals surface area contributed by atoms with Crippen molar-refractivity contribution in [1.29, 1.82) is 0 Å². The molecule has 0 bridgehead atoms. The Balaban J connectivity index is 1.31. The van der Waals surface area contributed by atoms with E-state index in [4.69, 9.17) is 11.6 Å². The molecule has 2 fully saturated rings. The van der Waals surface area contributed by atoms with Crippen LogP contribution in [0, 0.1) is 5.92 Å². The molecule has 2 atom stereocenters. The molecule has 0 aromatic heterocycles. The highest BCUT2D eigenvalue weighted by molar-refractivity contribution is 6.30. The van der Waals surface area contributed by atoms with Crippen LogP contribution in [0.25, 0.3) is 0 Å². The maximum atomic E-state index is 13.1. The number of halogens is 1. The number of Topliss-reactive ketones (excluding diaryl/α,β-unsaturated/α-hetero) is 1. The summed E-state index contributed by atoms with van der Waals surface area (Å²) in [5.74, 6) is 0.305. The van der Waals surface area contributed by atoms with E-state index in [1.165, 1.54) is 5.56 Å². The van der Waals surface area contributed by atoms with Crippen LogP contribution in [0.4, 0.5) is 0 Å². The van der Waals surface area contributed by atoms with E-state index in [-0.39, 0.29) is 23.5 Å². The van der Waals surface area contributed by atoms with Crippen molar-refractivity contribution in [2.75, 3.05) is 13.1 Å². The standard InChI is InChI=1S/C28H33ClN2O3/c29-24-11-8-22(9-12-24)19-28(16-14-26(33)30-28)17-15-27(34)31-18-4-7-23(20-31)25(32)13-10-21-5-2-1-3-6-21/h1-3,5-6,8-9,11-12,23H,4,7,10,13-20H2,(H,30,33)/t23-,28-/m1/s1. The SMILES string of the molecule is O=C1CC[C@@](CCC(=O)N2CCC[C@@H](C(=O)CCc3ccccc3)C2)(Cc2ccc(Cl)cc2)N1. The number of rotatable bonds is 9. The summed E-state index contributed by atoms with van der Waals surface area (Å²) in [5, 5.41) is 3.83. The van der Waals surface area contributed by atoms with Gasteiger partial charge in [0.2, 0.25) is 11.8 Å². The molecule has 180 valence electrons. The van der Waals surface area contributed by atoms with Gasteiger partial charge in [-0.1, -0.05) is 54.1 Å². The molecule has 0 unspecified atom stereocenters. The highest BCUT2D eigenvalue weighted by atomic mass is 35.5. The minimum absolute atomic E-state index is 0.0449.